The fourth-order valence-electron chi connectivity index (χ4n) is 3.23. The zero-order valence-corrected chi connectivity index (χ0v) is 12.5. The molecule has 3 heterocycles. The maximum atomic E-state index is 12.2. The maximum absolute atomic E-state index is 12.2. The normalized spacial score (nSPS) is 27.9. The van der Waals surface area contributed by atoms with Crippen molar-refractivity contribution in [1.82, 2.24) is 15.8 Å². The largest absolute Gasteiger partial charge is 0.295 e. The molecular formula is C16H15N3O2S. The molecule has 0 bridgehead atoms. The van der Waals surface area contributed by atoms with E-state index in [1.165, 1.54) is 0 Å². The van der Waals surface area contributed by atoms with Gasteiger partial charge in [-0.15, -0.1) is 11.3 Å². The Balaban J connectivity index is 1.65. The van der Waals surface area contributed by atoms with E-state index in [1.54, 1.807) is 11.3 Å². The van der Waals surface area contributed by atoms with E-state index in [1.807, 2.05) is 52.9 Å². The van der Waals surface area contributed by atoms with Crippen LogP contribution in [0.25, 0.3) is 0 Å². The number of rotatable bonds is 3. The van der Waals surface area contributed by atoms with E-state index >= 15 is 0 Å². The molecule has 5 nitrogen and oxygen atoms in total. The molecule has 2 saturated heterocycles. The molecule has 2 fully saturated rings. The fraction of sp³-hybridized carbons (Fsp3) is 0.250. The Kier molecular flexibility index (Phi) is 3.29. The Morgan fingerprint density at radius 2 is 1.86 bits per heavy atom. The molecule has 2 aliphatic rings. The molecule has 1 aromatic carbocycles. The second kappa shape index (κ2) is 5.31. The molecule has 3 atom stereocenters. The summed E-state index contributed by atoms with van der Waals surface area (Å²) in [5.41, 5.74) is 4.47. The van der Waals surface area contributed by atoms with E-state index in [0.717, 1.165) is 10.4 Å². The van der Waals surface area contributed by atoms with Crippen molar-refractivity contribution in [2.75, 3.05) is 0 Å². The van der Waals surface area contributed by atoms with Crippen LogP contribution in [0.3, 0.4) is 0 Å². The highest BCUT2D eigenvalue weighted by molar-refractivity contribution is 7.10. The van der Waals surface area contributed by atoms with Crippen molar-refractivity contribution in [3.8, 4) is 0 Å². The Labute approximate surface area is 131 Å². The molecule has 22 heavy (non-hydrogen) atoms. The third-order valence-corrected chi connectivity index (χ3v) is 5.16. The third kappa shape index (κ3) is 2.16. The number of imide groups is 1. The van der Waals surface area contributed by atoms with Crippen molar-refractivity contribution in [2.45, 2.75) is 18.6 Å². The number of thiophene rings is 1. The highest BCUT2D eigenvalue weighted by Gasteiger charge is 2.55. The highest BCUT2D eigenvalue weighted by atomic mass is 32.1. The first-order valence-electron chi connectivity index (χ1n) is 7.19. The summed E-state index contributed by atoms with van der Waals surface area (Å²) in [5.74, 6) is -0.760. The van der Waals surface area contributed by atoms with Crippen LogP contribution in [0.2, 0.25) is 0 Å². The Bertz CT molecular complexity index is 701. The average molecular weight is 313 g/mol. The number of carbonyl (C=O) groups is 2. The van der Waals surface area contributed by atoms with Gasteiger partial charge < -0.3 is 0 Å². The van der Waals surface area contributed by atoms with Crippen LogP contribution in [0.15, 0.2) is 47.8 Å². The smallest absolute Gasteiger partial charge is 0.246 e. The number of nitrogens with one attached hydrogen (secondary N) is 2. The average Bonchev–Trinajstić information content (AvgIpc) is 3.20. The standard InChI is InChI=1S/C16H15N3O2S/c20-15-12-13(11-7-4-8-22-11)18-19(14(12)16(21)17-15)9-10-5-2-1-3-6-10/h1-8,12-14,18H,9H2,(H,17,20,21)/t12-,13-,14-/m0/s1. The molecule has 6 heteroatoms. The summed E-state index contributed by atoms with van der Waals surface area (Å²) in [6.45, 7) is 0.588. The van der Waals surface area contributed by atoms with Gasteiger partial charge in [-0.3, -0.25) is 14.9 Å². The van der Waals surface area contributed by atoms with Crippen molar-refractivity contribution >= 4 is 23.2 Å². The van der Waals surface area contributed by atoms with Crippen LogP contribution in [-0.4, -0.2) is 22.9 Å². The molecule has 4 rings (SSSR count). The number of hydrogen-bond donors (Lipinski definition) is 2. The zero-order chi connectivity index (χ0) is 15.1. The number of hydrazine groups is 1. The molecule has 2 aliphatic heterocycles. The van der Waals surface area contributed by atoms with E-state index in [2.05, 4.69) is 10.7 Å². The van der Waals surface area contributed by atoms with Gasteiger partial charge in [0.05, 0.1) is 12.0 Å². The van der Waals surface area contributed by atoms with Crippen molar-refractivity contribution < 1.29 is 9.59 Å². The number of hydrogen-bond acceptors (Lipinski definition) is 5. The molecule has 0 spiro atoms. The molecule has 0 aliphatic carbocycles. The third-order valence-electron chi connectivity index (χ3n) is 4.20. The second-order valence-corrected chi connectivity index (χ2v) is 6.54. The Morgan fingerprint density at radius 3 is 2.59 bits per heavy atom. The molecule has 0 unspecified atom stereocenters. The lowest BCUT2D eigenvalue weighted by molar-refractivity contribution is -0.127. The van der Waals surface area contributed by atoms with Gasteiger partial charge in [-0.05, 0) is 17.0 Å². The molecular weight excluding hydrogens is 298 g/mol. The first-order chi connectivity index (χ1) is 10.7. The van der Waals surface area contributed by atoms with Gasteiger partial charge in [0.2, 0.25) is 11.8 Å². The van der Waals surface area contributed by atoms with Crippen molar-refractivity contribution in [3.05, 3.63) is 58.3 Å². The maximum Gasteiger partial charge on any atom is 0.246 e. The number of carbonyl (C=O) groups excluding carboxylic acids is 2. The summed E-state index contributed by atoms with van der Waals surface area (Å²) in [6, 6.07) is 13.3. The molecule has 2 amide bonds. The van der Waals surface area contributed by atoms with Gasteiger partial charge in [0.1, 0.15) is 6.04 Å². The van der Waals surface area contributed by atoms with E-state index in [4.69, 9.17) is 0 Å². The minimum Gasteiger partial charge on any atom is -0.295 e. The van der Waals surface area contributed by atoms with Gasteiger partial charge in [0.15, 0.2) is 0 Å². The number of nitrogens with zero attached hydrogens (tertiary/aromatic N) is 1. The van der Waals surface area contributed by atoms with Crippen LogP contribution in [0.1, 0.15) is 16.5 Å². The van der Waals surface area contributed by atoms with Gasteiger partial charge >= 0.3 is 0 Å². The van der Waals surface area contributed by atoms with E-state index in [9.17, 15) is 9.59 Å². The van der Waals surface area contributed by atoms with Crippen LogP contribution in [0.4, 0.5) is 0 Å². The molecule has 0 radical (unpaired) electrons. The quantitative estimate of drug-likeness (QED) is 0.842. The highest BCUT2D eigenvalue weighted by Crippen LogP contribution is 2.39. The lowest BCUT2D eigenvalue weighted by Crippen LogP contribution is -2.43. The lowest BCUT2D eigenvalue weighted by atomic mass is 9.95. The van der Waals surface area contributed by atoms with Crippen LogP contribution in [0, 0.1) is 5.92 Å². The monoisotopic (exact) mass is 313 g/mol. The predicted molar refractivity (Wildman–Crippen MR) is 82.6 cm³/mol. The lowest BCUT2D eigenvalue weighted by Gasteiger charge is -2.21. The number of benzene rings is 1. The minimum absolute atomic E-state index is 0.139. The second-order valence-electron chi connectivity index (χ2n) is 5.56. The van der Waals surface area contributed by atoms with E-state index in [0.29, 0.717) is 6.54 Å². The zero-order valence-electron chi connectivity index (χ0n) is 11.7. The van der Waals surface area contributed by atoms with Crippen molar-refractivity contribution in [1.29, 1.82) is 0 Å². The first kappa shape index (κ1) is 13.6. The Morgan fingerprint density at radius 1 is 1.05 bits per heavy atom. The van der Waals surface area contributed by atoms with E-state index in [-0.39, 0.29) is 23.8 Å². The van der Waals surface area contributed by atoms with Gasteiger partial charge in [0.25, 0.3) is 0 Å². The van der Waals surface area contributed by atoms with Crippen LogP contribution in [-0.2, 0) is 16.1 Å². The number of fused-ring (bicyclic) bond motifs is 1. The molecule has 0 saturated carbocycles. The summed E-state index contributed by atoms with van der Waals surface area (Å²) in [4.78, 5) is 25.4. The fourth-order valence-corrected chi connectivity index (χ4v) is 4.04. The van der Waals surface area contributed by atoms with Crippen LogP contribution in [0.5, 0.6) is 0 Å². The molecule has 112 valence electrons. The minimum atomic E-state index is -0.445. The van der Waals surface area contributed by atoms with E-state index < -0.39 is 6.04 Å². The van der Waals surface area contributed by atoms with Gasteiger partial charge in [0, 0.05) is 11.4 Å². The number of amides is 2. The summed E-state index contributed by atoms with van der Waals surface area (Å²) < 4.78 is 0. The Hall–Kier alpha value is -2.02. The predicted octanol–water partition coefficient (Wildman–Crippen LogP) is 1.45. The van der Waals surface area contributed by atoms with Gasteiger partial charge in [-0.25, -0.2) is 10.4 Å². The SMILES string of the molecule is O=C1NC(=O)[C@@H]2[C@@H]1[C@H](c1cccs1)NN2Cc1ccccc1. The summed E-state index contributed by atoms with van der Waals surface area (Å²) in [7, 11) is 0. The van der Waals surface area contributed by atoms with Crippen LogP contribution < -0.4 is 10.7 Å². The summed E-state index contributed by atoms with van der Waals surface area (Å²) in [5, 5.41) is 6.35. The van der Waals surface area contributed by atoms with Crippen LogP contribution >= 0.6 is 11.3 Å². The summed E-state index contributed by atoms with van der Waals surface area (Å²) in [6.07, 6.45) is 0. The summed E-state index contributed by atoms with van der Waals surface area (Å²) >= 11 is 1.60. The molecule has 2 aromatic rings. The van der Waals surface area contributed by atoms with Gasteiger partial charge in [-0.2, -0.15) is 0 Å². The van der Waals surface area contributed by atoms with Crippen molar-refractivity contribution in [2.24, 2.45) is 5.92 Å². The van der Waals surface area contributed by atoms with Gasteiger partial charge in [-0.1, -0.05) is 36.4 Å². The molecule has 2 N–H and O–H groups in total. The van der Waals surface area contributed by atoms with Crippen molar-refractivity contribution in [3.63, 3.8) is 0 Å². The topological polar surface area (TPSA) is 61.4 Å². The first-order valence-corrected chi connectivity index (χ1v) is 8.07. The molecule has 1 aromatic heterocycles.